The summed E-state index contributed by atoms with van der Waals surface area (Å²) in [4.78, 5) is 0. The van der Waals surface area contributed by atoms with Crippen molar-refractivity contribution in [2.24, 2.45) is 0 Å². The number of rotatable bonds is 4. The van der Waals surface area contributed by atoms with Gasteiger partial charge in [0.1, 0.15) is 5.75 Å². The average Bonchev–Trinajstić information content (AvgIpc) is 2.63. The number of ether oxygens (including phenoxy) is 1. The van der Waals surface area contributed by atoms with Crippen LogP contribution in [0.3, 0.4) is 0 Å². The molecule has 3 rings (SSSR count). The summed E-state index contributed by atoms with van der Waals surface area (Å²) in [7, 11) is -1.47. The second-order valence-corrected chi connectivity index (χ2v) is 7.94. The van der Waals surface area contributed by atoms with E-state index in [9.17, 15) is 4.57 Å². The van der Waals surface area contributed by atoms with E-state index in [1.54, 1.807) is 25.3 Å². The minimum absolute atomic E-state index is 0.502. The Balaban J connectivity index is 2.32. The van der Waals surface area contributed by atoms with Gasteiger partial charge in [0.2, 0.25) is 0 Å². The maximum absolute atomic E-state index is 14.2. The normalized spacial score (nSPS) is 11.2. The van der Waals surface area contributed by atoms with Crippen molar-refractivity contribution in [2.75, 3.05) is 12.8 Å². The SMILES string of the molecule is COc1ccc(N)c(P(=O)(c2ccccc2)c2ccccc2)c1. The smallest absolute Gasteiger partial charge is 0.173 e. The van der Waals surface area contributed by atoms with Gasteiger partial charge in [0, 0.05) is 21.6 Å². The van der Waals surface area contributed by atoms with E-state index in [-0.39, 0.29) is 0 Å². The molecule has 3 aromatic carbocycles. The van der Waals surface area contributed by atoms with Crippen molar-refractivity contribution < 1.29 is 9.30 Å². The van der Waals surface area contributed by atoms with Crippen molar-refractivity contribution >= 4 is 28.7 Å². The Morgan fingerprint density at radius 1 is 0.826 bits per heavy atom. The van der Waals surface area contributed by atoms with Gasteiger partial charge >= 0.3 is 0 Å². The van der Waals surface area contributed by atoms with Crippen LogP contribution in [0, 0.1) is 0 Å². The fourth-order valence-electron chi connectivity index (χ4n) is 2.63. The molecule has 2 N–H and O–H groups in total. The molecule has 0 aliphatic heterocycles. The number of hydrogen-bond acceptors (Lipinski definition) is 3. The van der Waals surface area contributed by atoms with Crippen LogP contribution in [0.15, 0.2) is 78.9 Å². The maximum atomic E-state index is 14.2. The van der Waals surface area contributed by atoms with E-state index in [0.717, 1.165) is 10.6 Å². The second-order valence-electron chi connectivity index (χ2n) is 5.21. The Kier molecular flexibility index (Phi) is 4.22. The largest absolute Gasteiger partial charge is 0.497 e. The molecule has 0 amide bonds. The van der Waals surface area contributed by atoms with Gasteiger partial charge in [0.25, 0.3) is 0 Å². The highest BCUT2D eigenvalue weighted by molar-refractivity contribution is 7.85. The minimum atomic E-state index is -3.06. The molecule has 0 unspecified atom stereocenters. The summed E-state index contributed by atoms with van der Waals surface area (Å²) < 4.78 is 19.5. The van der Waals surface area contributed by atoms with Crippen molar-refractivity contribution in [1.82, 2.24) is 0 Å². The molecule has 0 bridgehead atoms. The standard InChI is InChI=1S/C19H18NO2P/c1-22-15-12-13-18(20)19(14-15)23(21,16-8-4-2-5-9-16)17-10-6-3-7-11-17/h2-14H,20H2,1H3. The van der Waals surface area contributed by atoms with Crippen molar-refractivity contribution in [1.29, 1.82) is 0 Å². The van der Waals surface area contributed by atoms with Gasteiger partial charge in [0.15, 0.2) is 7.14 Å². The summed E-state index contributed by atoms with van der Waals surface area (Å²) in [6, 6.07) is 24.2. The quantitative estimate of drug-likeness (QED) is 0.593. The van der Waals surface area contributed by atoms with Gasteiger partial charge in [0.05, 0.1) is 7.11 Å². The Morgan fingerprint density at radius 2 is 1.35 bits per heavy atom. The molecule has 0 aliphatic rings. The van der Waals surface area contributed by atoms with Crippen LogP contribution in [0.4, 0.5) is 5.69 Å². The van der Waals surface area contributed by atoms with E-state index in [1.807, 2.05) is 60.7 Å². The van der Waals surface area contributed by atoms with E-state index >= 15 is 0 Å². The zero-order chi connectivity index (χ0) is 16.3. The lowest BCUT2D eigenvalue weighted by molar-refractivity contribution is 0.415. The molecule has 3 nitrogen and oxygen atoms in total. The predicted octanol–water partition coefficient (Wildman–Crippen LogP) is 2.92. The van der Waals surface area contributed by atoms with Crippen LogP contribution in [0.2, 0.25) is 0 Å². The number of benzene rings is 3. The summed E-state index contributed by atoms with van der Waals surface area (Å²) in [5.74, 6) is 0.640. The summed E-state index contributed by atoms with van der Waals surface area (Å²) in [5.41, 5.74) is 6.68. The van der Waals surface area contributed by atoms with Crippen LogP contribution in [0.5, 0.6) is 5.75 Å². The molecular weight excluding hydrogens is 305 g/mol. The Morgan fingerprint density at radius 3 is 1.83 bits per heavy atom. The third kappa shape index (κ3) is 2.76. The van der Waals surface area contributed by atoms with Crippen molar-refractivity contribution in [2.45, 2.75) is 0 Å². The first-order chi connectivity index (χ1) is 11.2. The van der Waals surface area contributed by atoms with E-state index in [1.165, 1.54) is 0 Å². The molecule has 4 heteroatoms. The molecule has 0 spiro atoms. The molecule has 0 atom stereocenters. The lowest BCUT2D eigenvalue weighted by Gasteiger charge is -2.22. The summed E-state index contributed by atoms with van der Waals surface area (Å²) in [6.45, 7) is 0. The molecule has 0 heterocycles. The fourth-order valence-corrected chi connectivity index (χ4v) is 5.41. The number of nitrogens with two attached hydrogens (primary N) is 1. The van der Waals surface area contributed by atoms with E-state index in [4.69, 9.17) is 10.5 Å². The van der Waals surface area contributed by atoms with Crippen molar-refractivity contribution in [3.63, 3.8) is 0 Å². The number of nitrogen functional groups attached to an aromatic ring is 1. The van der Waals surface area contributed by atoms with Crippen LogP contribution in [-0.2, 0) is 4.57 Å². The zero-order valence-corrected chi connectivity index (χ0v) is 13.7. The first-order valence-electron chi connectivity index (χ1n) is 7.31. The lowest BCUT2D eigenvalue weighted by atomic mass is 10.3. The molecule has 3 aromatic rings. The predicted molar refractivity (Wildman–Crippen MR) is 96.8 cm³/mol. The molecular formula is C19H18NO2P. The van der Waals surface area contributed by atoms with Crippen LogP contribution < -0.4 is 26.4 Å². The van der Waals surface area contributed by atoms with Crippen molar-refractivity contribution in [3.8, 4) is 5.75 Å². The molecule has 23 heavy (non-hydrogen) atoms. The van der Waals surface area contributed by atoms with E-state index in [0.29, 0.717) is 16.7 Å². The van der Waals surface area contributed by atoms with Gasteiger partial charge in [-0.05, 0) is 18.2 Å². The topological polar surface area (TPSA) is 52.3 Å². The monoisotopic (exact) mass is 323 g/mol. The molecule has 116 valence electrons. The van der Waals surface area contributed by atoms with Gasteiger partial charge in [-0.3, -0.25) is 0 Å². The number of hydrogen-bond donors (Lipinski definition) is 1. The second kappa shape index (κ2) is 6.31. The van der Waals surface area contributed by atoms with Crippen molar-refractivity contribution in [3.05, 3.63) is 78.9 Å². The van der Waals surface area contributed by atoms with Gasteiger partial charge < -0.3 is 15.0 Å². The molecule has 0 fully saturated rings. The van der Waals surface area contributed by atoms with Gasteiger partial charge in [-0.25, -0.2) is 0 Å². The number of methoxy groups -OCH3 is 1. The highest BCUT2D eigenvalue weighted by Crippen LogP contribution is 2.44. The Labute approximate surface area is 136 Å². The molecule has 0 saturated heterocycles. The fraction of sp³-hybridized carbons (Fsp3) is 0.0526. The first-order valence-corrected chi connectivity index (χ1v) is 9.02. The third-order valence-electron chi connectivity index (χ3n) is 3.82. The molecule has 0 aliphatic carbocycles. The van der Waals surface area contributed by atoms with Crippen LogP contribution in [-0.4, -0.2) is 7.11 Å². The maximum Gasteiger partial charge on any atom is 0.173 e. The summed E-state index contributed by atoms with van der Waals surface area (Å²) in [5, 5.41) is 2.12. The highest BCUT2D eigenvalue weighted by atomic mass is 31.2. The summed E-state index contributed by atoms with van der Waals surface area (Å²) >= 11 is 0. The highest BCUT2D eigenvalue weighted by Gasteiger charge is 2.31. The van der Waals surface area contributed by atoms with Crippen LogP contribution in [0.1, 0.15) is 0 Å². The first kappa shape index (κ1) is 15.4. The van der Waals surface area contributed by atoms with Gasteiger partial charge in [-0.2, -0.15) is 0 Å². The van der Waals surface area contributed by atoms with E-state index < -0.39 is 7.14 Å². The molecule has 0 radical (unpaired) electrons. The van der Waals surface area contributed by atoms with Gasteiger partial charge in [-0.15, -0.1) is 0 Å². The van der Waals surface area contributed by atoms with Gasteiger partial charge in [-0.1, -0.05) is 60.7 Å². The minimum Gasteiger partial charge on any atom is -0.497 e. The lowest BCUT2D eigenvalue weighted by Crippen LogP contribution is -2.27. The van der Waals surface area contributed by atoms with E-state index in [2.05, 4.69) is 0 Å². The Bertz CT molecular complexity index is 804. The van der Waals surface area contributed by atoms with Crippen LogP contribution in [0.25, 0.3) is 0 Å². The average molecular weight is 323 g/mol. The zero-order valence-electron chi connectivity index (χ0n) is 12.8. The third-order valence-corrected chi connectivity index (χ3v) is 6.93. The molecule has 0 saturated carbocycles. The molecule has 0 aromatic heterocycles. The van der Waals surface area contributed by atoms with Crippen LogP contribution >= 0.6 is 7.14 Å². The summed E-state index contributed by atoms with van der Waals surface area (Å²) in [6.07, 6.45) is 0. The Hall–Kier alpha value is -2.51. The number of anilines is 1.